The molecule has 234 valence electrons. The van der Waals surface area contributed by atoms with Crippen LogP contribution >= 0.6 is 11.3 Å². The number of thiophene rings is 1. The Morgan fingerprint density at radius 1 is 0.583 bits per heavy atom. The van der Waals surface area contributed by atoms with Crippen molar-refractivity contribution in [3.63, 3.8) is 0 Å². The Kier molecular flexibility index (Phi) is 6.28. The van der Waals surface area contributed by atoms with Crippen LogP contribution in [-0.2, 0) is 10.8 Å². The van der Waals surface area contributed by atoms with Crippen molar-refractivity contribution in [1.29, 1.82) is 0 Å². The number of nitrogens with zero attached hydrogens (tertiary/aromatic N) is 1. The Bertz CT molecular complexity index is 2430. The lowest BCUT2D eigenvalue weighted by atomic mass is 9.34. The second-order valence-electron chi connectivity index (χ2n) is 15.9. The highest BCUT2D eigenvalue weighted by Crippen LogP contribution is 2.47. The zero-order chi connectivity index (χ0) is 33.1. The average molecular weight is 638 g/mol. The molecule has 1 nitrogen and oxygen atoms in total. The van der Waals surface area contributed by atoms with Crippen LogP contribution in [-0.4, -0.2) is 6.71 Å². The molecule has 0 saturated carbocycles. The van der Waals surface area contributed by atoms with E-state index >= 15 is 0 Å². The molecule has 7 aromatic rings. The molecule has 0 saturated heterocycles. The van der Waals surface area contributed by atoms with Crippen molar-refractivity contribution in [1.82, 2.24) is 0 Å². The van der Waals surface area contributed by atoms with Gasteiger partial charge in [0.1, 0.15) is 0 Å². The molecule has 0 amide bonds. The first-order chi connectivity index (χ1) is 23.0. The summed E-state index contributed by atoms with van der Waals surface area (Å²) in [4.78, 5) is 3.92. The Hall–Kier alpha value is -4.60. The first-order valence-corrected chi connectivity index (χ1v) is 18.0. The molecule has 1 aromatic heterocycles. The van der Waals surface area contributed by atoms with E-state index in [1.54, 1.807) is 0 Å². The fourth-order valence-corrected chi connectivity index (χ4v) is 9.64. The van der Waals surface area contributed by atoms with Gasteiger partial charge in [0.05, 0.1) is 0 Å². The molecule has 2 aliphatic heterocycles. The SMILES string of the molecule is Cc1cc2c3c(c1)N(c1ccc(C(C)(C)C)cc1)c1ccc(C(C)(C)C)cc1B3c1sc(-c3cccc4ccccc34)c3cccc-2c13. The molecule has 0 N–H and O–H groups in total. The van der Waals surface area contributed by atoms with Gasteiger partial charge in [0.25, 0.3) is 6.71 Å². The van der Waals surface area contributed by atoms with Gasteiger partial charge in [0.2, 0.25) is 0 Å². The fourth-order valence-electron chi connectivity index (χ4n) is 8.17. The predicted molar refractivity (Wildman–Crippen MR) is 212 cm³/mol. The summed E-state index contributed by atoms with van der Waals surface area (Å²) in [6.45, 7) is 16.3. The third-order valence-corrected chi connectivity index (χ3v) is 11.9. The molecule has 0 aliphatic carbocycles. The van der Waals surface area contributed by atoms with Crippen LogP contribution in [0, 0.1) is 6.92 Å². The number of hydrogen-bond donors (Lipinski definition) is 0. The summed E-state index contributed by atoms with van der Waals surface area (Å²) in [7, 11) is 0. The lowest BCUT2D eigenvalue weighted by Crippen LogP contribution is -2.58. The highest BCUT2D eigenvalue weighted by molar-refractivity contribution is 7.32. The normalized spacial score (nSPS) is 13.6. The molecule has 48 heavy (non-hydrogen) atoms. The number of benzene rings is 6. The molecule has 9 rings (SSSR count). The first-order valence-electron chi connectivity index (χ1n) is 17.2. The van der Waals surface area contributed by atoms with E-state index in [4.69, 9.17) is 0 Å². The van der Waals surface area contributed by atoms with E-state index in [1.165, 1.54) is 92.6 Å². The van der Waals surface area contributed by atoms with Crippen LogP contribution < -0.4 is 20.6 Å². The van der Waals surface area contributed by atoms with Gasteiger partial charge in [-0.05, 0) is 102 Å². The quantitative estimate of drug-likeness (QED) is 0.171. The van der Waals surface area contributed by atoms with Gasteiger partial charge in [-0.25, -0.2) is 0 Å². The van der Waals surface area contributed by atoms with Gasteiger partial charge in [-0.15, -0.1) is 11.3 Å². The van der Waals surface area contributed by atoms with Crippen molar-refractivity contribution in [3.8, 4) is 21.6 Å². The van der Waals surface area contributed by atoms with Crippen LogP contribution in [0.25, 0.3) is 43.1 Å². The van der Waals surface area contributed by atoms with Gasteiger partial charge < -0.3 is 4.90 Å². The maximum absolute atomic E-state index is 2.54. The number of hydrogen-bond acceptors (Lipinski definition) is 2. The summed E-state index contributed by atoms with van der Waals surface area (Å²) >= 11 is 2.01. The molecule has 0 unspecified atom stereocenters. The second-order valence-corrected chi connectivity index (χ2v) is 16.9. The highest BCUT2D eigenvalue weighted by atomic mass is 32.1. The topological polar surface area (TPSA) is 3.24 Å². The van der Waals surface area contributed by atoms with Crippen LogP contribution in [0.3, 0.4) is 0 Å². The lowest BCUT2D eigenvalue weighted by molar-refractivity contribution is 0.590. The van der Waals surface area contributed by atoms with Crippen molar-refractivity contribution >= 4 is 72.4 Å². The van der Waals surface area contributed by atoms with Crippen LogP contribution in [0.4, 0.5) is 17.1 Å². The third kappa shape index (κ3) is 4.30. The molecular formula is C45H40BNS. The van der Waals surface area contributed by atoms with E-state index < -0.39 is 0 Å². The maximum Gasteiger partial charge on any atom is 0.260 e. The zero-order valence-electron chi connectivity index (χ0n) is 28.9. The van der Waals surface area contributed by atoms with Crippen molar-refractivity contribution < 1.29 is 0 Å². The van der Waals surface area contributed by atoms with Gasteiger partial charge in [-0.1, -0.05) is 133 Å². The minimum atomic E-state index is 0.0378. The number of anilines is 3. The standard InChI is InChI=1S/C45H40BNS/c1-27-24-36-33-15-11-17-35-40(33)43(48-42(35)34-16-10-13-28-12-8-9-14-32(28)34)46-37-26-30(45(5,6)7)20-23-38(37)47(39(25-27)41(36)46)31-21-18-29(19-22-31)44(2,3)4/h8-26H,1-7H3. The monoisotopic (exact) mass is 637 g/mol. The average Bonchev–Trinajstić information content (AvgIpc) is 3.45. The number of rotatable bonds is 2. The van der Waals surface area contributed by atoms with Crippen molar-refractivity contribution in [3.05, 3.63) is 132 Å². The lowest BCUT2D eigenvalue weighted by Gasteiger charge is -2.40. The van der Waals surface area contributed by atoms with Crippen LogP contribution in [0.1, 0.15) is 58.2 Å². The third-order valence-electron chi connectivity index (χ3n) is 10.6. The summed E-state index contributed by atoms with van der Waals surface area (Å²) in [5, 5.41) is 5.40. The maximum atomic E-state index is 2.54. The van der Waals surface area contributed by atoms with E-state index in [0.717, 1.165) is 0 Å². The summed E-state index contributed by atoms with van der Waals surface area (Å²) in [5.74, 6) is 0. The smallest absolute Gasteiger partial charge is 0.260 e. The van der Waals surface area contributed by atoms with Gasteiger partial charge in [0.15, 0.2) is 0 Å². The Morgan fingerprint density at radius 3 is 2.02 bits per heavy atom. The van der Waals surface area contributed by atoms with Crippen molar-refractivity contribution in [2.75, 3.05) is 4.90 Å². The minimum Gasteiger partial charge on any atom is -0.311 e. The first kappa shape index (κ1) is 29.5. The molecule has 0 radical (unpaired) electrons. The second kappa shape index (κ2) is 10.2. The van der Waals surface area contributed by atoms with Crippen molar-refractivity contribution in [2.24, 2.45) is 0 Å². The van der Waals surface area contributed by atoms with Crippen LogP contribution in [0.15, 0.2) is 115 Å². The molecule has 3 heteroatoms. The Balaban J connectivity index is 1.37. The molecule has 0 fully saturated rings. The Morgan fingerprint density at radius 2 is 1.25 bits per heavy atom. The van der Waals surface area contributed by atoms with Crippen LogP contribution in [0.2, 0.25) is 0 Å². The van der Waals surface area contributed by atoms with E-state index in [0.29, 0.717) is 0 Å². The van der Waals surface area contributed by atoms with E-state index in [9.17, 15) is 0 Å². The Labute approximate surface area is 289 Å². The predicted octanol–water partition coefficient (Wildman–Crippen LogP) is 10.9. The summed E-state index contributed by atoms with van der Waals surface area (Å²) in [6, 6.07) is 44.1. The zero-order valence-corrected chi connectivity index (χ0v) is 29.7. The van der Waals surface area contributed by atoms with Crippen LogP contribution in [0.5, 0.6) is 0 Å². The van der Waals surface area contributed by atoms with Gasteiger partial charge in [-0.3, -0.25) is 0 Å². The van der Waals surface area contributed by atoms with E-state index in [2.05, 4.69) is 169 Å². The molecule has 2 aliphatic rings. The largest absolute Gasteiger partial charge is 0.311 e. The molecule has 6 aromatic carbocycles. The van der Waals surface area contributed by atoms with Gasteiger partial charge >= 0.3 is 0 Å². The number of aryl methyl sites for hydroxylation is 1. The van der Waals surface area contributed by atoms with Crippen molar-refractivity contribution in [2.45, 2.75) is 59.3 Å². The van der Waals surface area contributed by atoms with Gasteiger partial charge in [0, 0.05) is 32.9 Å². The number of fused-ring (bicyclic) bond motifs is 5. The summed E-state index contributed by atoms with van der Waals surface area (Å²) < 4.78 is 1.47. The highest BCUT2D eigenvalue weighted by Gasteiger charge is 2.43. The molecule has 0 spiro atoms. The van der Waals surface area contributed by atoms with E-state index in [-0.39, 0.29) is 17.5 Å². The summed E-state index contributed by atoms with van der Waals surface area (Å²) in [5.41, 5.74) is 14.9. The molecule has 0 bridgehead atoms. The summed E-state index contributed by atoms with van der Waals surface area (Å²) in [6.07, 6.45) is 0. The fraction of sp³-hybridized carbons (Fsp3) is 0.200. The molecule has 0 atom stereocenters. The molecular weight excluding hydrogens is 597 g/mol. The molecule has 3 heterocycles. The van der Waals surface area contributed by atoms with E-state index in [1.807, 2.05) is 11.3 Å². The van der Waals surface area contributed by atoms with Gasteiger partial charge in [-0.2, -0.15) is 0 Å². The minimum absolute atomic E-state index is 0.0378.